The summed E-state index contributed by atoms with van der Waals surface area (Å²) >= 11 is 7.66. The molecule has 13 heavy (non-hydrogen) atoms. The Hall–Kier alpha value is -0.730. The highest BCUT2D eigenvalue weighted by Gasteiger charge is 2.06. The molecule has 3 heteroatoms. The number of nitrogen functional groups attached to an aromatic ring is 1. The van der Waals surface area contributed by atoms with E-state index in [1.54, 1.807) is 11.3 Å². The van der Waals surface area contributed by atoms with Gasteiger partial charge < -0.3 is 5.73 Å². The van der Waals surface area contributed by atoms with E-state index < -0.39 is 0 Å². The van der Waals surface area contributed by atoms with Crippen LogP contribution in [0.2, 0.25) is 5.02 Å². The van der Waals surface area contributed by atoms with Crippen LogP contribution < -0.4 is 5.73 Å². The molecule has 1 nitrogen and oxygen atoms in total. The van der Waals surface area contributed by atoms with Gasteiger partial charge in [-0.1, -0.05) is 24.6 Å². The van der Waals surface area contributed by atoms with Crippen LogP contribution in [0.3, 0.4) is 0 Å². The molecule has 2 N–H and O–H groups in total. The zero-order valence-electron chi connectivity index (χ0n) is 7.30. The second kappa shape index (κ2) is 3.20. The maximum Gasteiger partial charge on any atom is 0.0869 e. The average Bonchev–Trinajstić information content (AvgIpc) is 2.48. The van der Waals surface area contributed by atoms with E-state index in [-0.39, 0.29) is 0 Å². The molecule has 0 radical (unpaired) electrons. The summed E-state index contributed by atoms with van der Waals surface area (Å²) in [4.78, 5) is 0. The first-order chi connectivity index (χ1) is 6.22. The van der Waals surface area contributed by atoms with Crippen LogP contribution in [0.25, 0.3) is 10.1 Å². The molecule has 0 amide bonds. The molecular formula is C10H10ClNS. The summed E-state index contributed by atoms with van der Waals surface area (Å²) in [5.74, 6) is 0. The van der Waals surface area contributed by atoms with E-state index in [9.17, 15) is 0 Å². The molecule has 0 bridgehead atoms. The maximum absolute atomic E-state index is 6.05. The van der Waals surface area contributed by atoms with Gasteiger partial charge in [-0.15, -0.1) is 11.3 Å². The number of thiophene rings is 1. The minimum atomic E-state index is 0.792. The number of hydrogen-bond acceptors (Lipinski definition) is 2. The Bertz CT molecular complexity index is 447. The van der Waals surface area contributed by atoms with Gasteiger partial charge in [0.15, 0.2) is 0 Å². The van der Waals surface area contributed by atoms with E-state index in [0.717, 1.165) is 21.8 Å². The Balaban J connectivity index is 2.83. The third kappa shape index (κ3) is 1.40. The molecule has 1 aromatic heterocycles. The molecular weight excluding hydrogens is 202 g/mol. The van der Waals surface area contributed by atoms with Gasteiger partial charge in [-0.3, -0.25) is 0 Å². The average molecular weight is 212 g/mol. The summed E-state index contributed by atoms with van der Waals surface area (Å²) in [6.07, 6.45) is 1.02. The second-order valence-electron chi connectivity index (χ2n) is 2.95. The molecule has 2 rings (SSSR count). The van der Waals surface area contributed by atoms with E-state index in [0.29, 0.717) is 0 Å². The van der Waals surface area contributed by atoms with Gasteiger partial charge in [0.25, 0.3) is 0 Å². The quantitative estimate of drug-likeness (QED) is 0.765. The molecule has 1 heterocycles. The van der Waals surface area contributed by atoms with Crippen molar-refractivity contribution in [3.63, 3.8) is 0 Å². The Morgan fingerprint density at radius 3 is 2.92 bits per heavy atom. The number of aryl methyl sites for hydroxylation is 1. The smallest absolute Gasteiger partial charge is 0.0869 e. The second-order valence-corrected chi connectivity index (χ2v) is 4.44. The molecule has 0 unspecified atom stereocenters. The van der Waals surface area contributed by atoms with Crippen molar-refractivity contribution in [2.24, 2.45) is 0 Å². The lowest BCUT2D eigenvalue weighted by atomic mass is 10.1. The Kier molecular flexibility index (Phi) is 2.18. The zero-order valence-corrected chi connectivity index (χ0v) is 8.88. The highest BCUT2D eigenvalue weighted by atomic mass is 35.5. The van der Waals surface area contributed by atoms with Gasteiger partial charge in [0, 0.05) is 15.1 Å². The SMILES string of the molecule is CCc1ccc(Cl)c2cc(N)sc12. The summed E-state index contributed by atoms with van der Waals surface area (Å²) in [5.41, 5.74) is 7.06. The lowest BCUT2D eigenvalue weighted by Crippen LogP contribution is -1.79. The first-order valence-corrected chi connectivity index (χ1v) is 5.38. The number of benzene rings is 1. The van der Waals surface area contributed by atoms with Crippen molar-refractivity contribution in [3.8, 4) is 0 Å². The normalized spacial score (nSPS) is 10.9. The highest BCUT2D eigenvalue weighted by molar-refractivity contribution is 7.22. The minimum Gasteiger partial charge on any atom is -0.391 e. The van der Waals surface area contributed by atoms with Gasteiger partial charge in [0.1, 0.15) is 0 Å². The topological polar surface area (TPSA) is 26.0 Å². The molecule has 68 valence electrons. The van der Waals surface area contributed by atoms with Crippen LogP contribution in [-0.4, -0.2) is 0 Å². The molecule has 0 saturated carbocycles. The van der Waals surface area contributed by atoms with Crippen molar-refractivity contribution >= 4 is 38.0 Å². The molecule has 0 fully saturated rings. The van der Waals surface area contributed by atoms with Crippen molar-refractivity contribution in [1.29, 1.82) is 0 Å². The van der Waals surface area contributed by atoms with Crippen LogP contribution in [0, 0.1) is 0 Å². The van der Waals surface area contributed by atoms with Gasteiger partial charge in [-0.2, -0.15) is 0 Å². The number of halogens is 1. The van der Waals surface area contributed by atoms with Gasteiger partial charge in [0.2, 0.25) is 0 Å². The molecule has 0 aliphatic heterocycles. The lowest BCUT2D eigenvalue weighted by Gasteiger charge is -1.99. The minimum absolute atomic E-state index is 0.792. The van der Waals surface area contributed by atoms with E-state index in [1.807, 2.05) is 12.1 Å². The molecule has 2 aromatic rings. The largest absolute Gasteiger partial charge is 0.391 e. The Morgan fingerprint density at radius 1 is 1.46 bits per heavy atom. The van der Waals surface area contributed by atoms with Gasteiger partial charge >= 0.3 is 0 Å². The number of anilines is 1. The van der Waals surface area contributed by atoms with Crippen molar-refractivity contribution in [3.05, 3.63) is 28.8 Å². The fraction of sp³-hybridized carbons (Fsp3) is 0.200. The molecule has 0 spiro atoms. The Morgan fingerprint density at radius 2 is 2.23 bits per heavy atom. The highest BCUT2D eigenvalue weighted by Crippen LogP contribution is 2.35. The molecule has 1 aromatic carbocycles. The van der Waals surface area contributed by atoms with Gasteiger partial charge in [-0.25, -0.2) is 0 Å². The number of hydrogen-bond donors (Lipinski definition) is 1. The van der Waals surface area contributed by atoms with E-state index in [2.05, 4.69) is 13.0 Å². The lowest BCUT2D eigenvalue weighted by molar-refractivity contribution is 1.16. The van der Waals surface area contributed by atoms with E-state index in [4.69, 9.17) is 17.3 Å². The predicted octanol–water partition coefficient (Wildman–Crippen LogP) is 3.70. The van der Waals surface area contributed by atoms with Crippen molar-refractivity contribution in [1.82, 2.24) is 0 Å². The third-order valence-electron chi connectivity index (χ3n) is 2.11. The van der Waals surface area contributed by atoms with Crippen LogP contribution in [0.5, 0.6) is 0 Å². The monoisotopic (exact) mass is 211 g/mol. The van der Waals surface area contributed by atoms with Crippen LogP contribution in [0.15, 0.2) is 18.2 Å². The molecule has 0 aliphatic carbocycles. The summed E-state index contributed by atoms with van der Waals surface area (Å²) in [6, 6.07) is 5.96. The number of rotatable bonds is 1. The maximum atomic E-state index is 6.05. The van der Waals surface area contributed by atoms with Crippen LogP contribution in [0.4, 0.5) is 5.00 Å². The molecule has 0 aliphatic rings. The number of fused-ring (bicyclic) bond motifs is 1. The summed E-state index contributed by atoms with van der Waals surface area (Å²) < 4.78 is 1.23. The first kappa shape index (κ1) is 8.85. The van der Waals surface area contributed by atoms with Crippen LogP contribution >= 0.6 is 22.9 Å². The van der Waals surface area contributed by atoms with Gasteiger partial charge in [-0.05, 0) is 24.1 Å². The summed E-state index contributed by atoms with van der Waals surface area (Å²) in [5, 5.41) is 2.71. The van der Waals surface area contributed by atoms with Crippen molar-refractivity contribution < 1.29 is 0 Å². The fourth-order valence-corrected chi connectivity index (χ4v) is 2.75. The van der Waals surface area contributed by atoms with E-state index >= 15 is 0 Å². The summed E-state index contributed by atoms with van der Waals surface area (Å²) in [6.45, 7) is 2.14. The first-order valence-electron chi connectivity index (χ1n) is 4.18. The molecule has 0 saturated heterocycles. The van der Waals surface area contributed by atoms with E-state index in [1.165, 1.54) is 10.3 Å². The zero-order chi connectivity index (χ0) is 9.42. The third-order valence-corrected chi connectivity index (χ3v) is 3.48. The van der Waals surface area contributed by atoms with Crippen molar-refractivity contribution in [2.75, 3.05) is 5.73 Å². The fourth-order valence-electron chi connectivity index (χ4n) is 1.44. The van der Waals surface area contributed by atoms with Crippen LogP contribution in [0.1, 0.15) is 12.5 Å². The predicted molar refractivity (Wildman–Crippen MR) is 60.6 cm³/mol. The number of nitrogens with two attached hydrogens (primary N) is 1. The van der Waals surface area contributed by atoms with Gasteiger partial charge in [0.05, 0.1) is 5.00 Å². The summed E-state index contributed by atoms with van der Waals surface area (Å²) in [7, 11) is 0. The molecule has 0 atom stereocenters. The van der Waals surface area contributed by atoms with Crippen LogP contribution in [-0.2, 0) is 6.42 Å². The van der Waals surface area contributed by atoms with Crippen molar-refractivity contribution in [2.45, 2.75) is 13.3 Å². The standard InChI is InChI=1S/C10H10ClNS/c1-2-6-3-4-8(11)7-5-9(12)13-10(6)7/h3-5H,2,12H2,1H3. The Labute approximate surface area is 86.1 Å².